The number of sulfonamides is 1. The van der Waals surface area contributed by atoms with E-state index < -0.39 is 80.5 Å². The molecule has 330 valence electrons. The Morgan fingerprint density at radius 1 is 1.00 bits per heavy atom. The quantitative estimate of drug-likeness (QED) is 0.214. The van der Waals surface area contributed by atoms with Crippen LogP contribution in [0.5, 0.6) is 11.6 Å². The van der Waals surface area contributed by atoms with Crippen molar-refractivity contribution in [3.63, 3.8) is 0 Å². The molecule has 0 spiro atoms. The molecule has 1 aromatic heterocycles. The number of aromatic nitrogens is 1. The van der Waals surface area contributed by atoms with Crippen molar-refractivity contribution in [2.45, 2.75) is 113 Å². The molecule has 2 unspecified atom stereocenters. The summed E-state index contributed by atoms with van der Waals surface area (Å²) in [6, 6.07) is 10.4. The van der Waals surface area contributed by atoms with E-state index in [9.17, 15) is 32.3 Å². The summed E-state index contributed by atoms with van der Waals surface area (Å²) in [5, 5.41) is 14.5. The predicted molar refractivity (Wildman–Crippen MR) is 227 cm³/mol. The van der Waals surface area contributed by atoms with Crippen LogP contribution in [-0.4, -0.2) is 101 Å². The van der Waals surface area contributed by atoms with Crippen LogP contribution in [0.1, 0.15) is 78.1 Å². The van der Waals surface area contributed by atoms with Gasteiger partial charge in [0.25, 0.3) is 5.91 Å². The normalized spacial score (nSPS) is 32.6. The van der Waals surface area contributed by atoms with Crippen molar-refractivity contribution in [3.8, 4) is 22.9 Å². The number of carbonyl (C=O) groups is 4. The molecule has 9 rings (SSSR count). The maximum atomic E-state index is 15.4. The maximum absolute atomic E-state index is 15.4. The number of carbonyl (C=O) groups excluding carboxylic acids is 3. The molecule has 3 N–H and O–H groups in total. The summed E-state index contributed by atoms with van der Waals surface area (Å²) >= 11 is 0. The molecule has 10 atom stereocenters. The first-order valence-electron chi connectivity index (χ1n) is 21.9. The van der Waals surface area contributed by atoms with Crippen molar-refractivity contribution in [1.82, 2.24) is 24.8 Å². The molecule has 6 aliphatic rings. The predicted octanol–water partition coefficient (Wildman–Crippen LogP) is 6.04. The van der Waals surface area contributed by atoms with Gasteiger partial charge in [0, 0.05) is 29.3 Å². The number of halogens is 1. The van der Waals surface area contributed by atoms with Crippen molar-refractivity contribution in [1.29, 1.82) is 0 Å². The SMILES string of the molecule is COc1ccc2c(O[C@@H]3C[C@H]4C(=O)N[C@]5(C(=O)NS(=O)(=O)C6CC6)C[C@H]5/C=C\CC[C@@H](C)C[C@@H](C)[C@H](N(C(=O)O)C5CC6C[C@H]6C5)C(=O)N4C3)nc(-c3ccc(F)cc3)cc2c1. The van der Waals surface area contributed by atoms with Gasteiger partial charge in [-0.3, -0.25) is 24.0 Å². The van der Waals surface area contributed by atoms with Gasteiger partial charge in [-0.15, -0.1) is 0 Å². The van der Waals surface area contributed by atoms with Gasteiger partial charge in [-0.1, -0.05) is 26.0 Å². The third kappa shape index (κ3) is 8.22. The highest BCUT2D eigenvalue weighted by atomic mass is 32.2. The topological polar surface area (TPSA) is 185 Å². The second kappa shape index (κ2) is 16.1. The largest absolute Gasteiger partial charge is 0.497 e. The van der Waals surface area contributed by atoms with Gasteiger partial charge < -0.3 is 24.8 Å². The number of methoxy groups -OCH3 is 1. The number of rotatable bonds is 9. The highest BCUT2D eigenvalue weighted by Crippen LogP contribution is 2.54. The molecule has 4 aliphatic carbocycles. The highest BCUT2D eigenvalue weighted by Gasteiger charge is 2.62. The summed E-state index contributed by atoms with van der Waals surface area (Å²) in [5.74, 6) is -1.53. The number of carboxylic acid groups (broad SMARTS) is 1. The fraction of sp³-hybridized carbons (Fsp3) is 0.543. The summed E-state index contributed by atoms with van der Waals surface area (Å²) in [6.07, 6.45) is 7.22. The molecule has 16 heteroatoms. The Kier molecular flexibility index (Phi) is 11.0. The number of nitrogens with zero attached hydrogens (tertiary/aromatic N) is 3. The van der Waals surface area contributed by atoms with E-state index in [1.54, 1.807) is 31.4 Å². The van der Waals surface area contributed by atoms with Crippen LogP contribution in [0.15, 0.2) is 60.7 Å². The van der Waals surface area contributed by atoms with Crippen molar-refractivity contribution in [2.75, 3.05) is 13.7 Å². The molecule has 0 bridgehead atoms. The first-order chi connectivity index (χ1) is 29.6. The van der Waals surface area contributed by atoms with Crippen LogP contribution < -0.4 is 19.5 Å². The van der Waals surface area contributed by atoms with Crippen LogP contribution in [-0.2, 0) is 24.4 Å². The standard InChI is InChI=1S/C46H54FN5O9S/c1-25-6-4-5-7-31-23-46(31,44(55)50-62(58,59)36-13-14-36)49-41(53)39-22-35(24-51(39)43(54)40(26(2)16-25)52(45(56)57)33-18-28-17-29(28)19-33)61-42-37-15-12-34(60-3)20-30(37)21-38(48-42)27-8-10-32(47)11-9-27/h5,7-12,15,20-21,25-26,28-29,31,33,35-36,39-40H,4,6,13-14,16-19,22-24H2,1-3H3,(H,49,53)(H,50,55)(H,56,57)/b7-5-/t25-,26-,28+,29?,31-,33?,35-,39+,40+,46-/m1/s1. The molecular weight excluding hydrogens is 818 g/mol. The molecule has 62 heavy (non-hydrogen) atoms. The molecule has 0 radical (unpaired) electrons. The minimum atomic E-state index is -3.95. The number of benzene rings is 2. The maximum Gasteiger partial charge on any atom is 0.408 e. The zero-order valence-electron chi connectivity index (χ0n) is 35.2. The van der Waals surface area contributed by atoms with Crippen molar-refractivity contribution >= 4 is 44.6 Å². The van der Waals surface area contributed by atoms with E-state index in [1.165, 1.54) is 21.9 Å². The smallest absolute Gasteiger partial charge is 0.408 e. The number of fused-ring (bicyclic) bond motifs is 4. The second-order valence-corrected chi connectivity index (χ2v) is 20.6. The van der Waals surface area contributed by atoms with E-state index >= 15 is 4.79 Å². The summed E-state index contributed by atoms with van der Waals surface area (Å²) in [7, 11) is -2.40. The molecule has 1 saturated heterocycles. The number of allylic oxidation sites excluding steroid dienone is 1. The first-order valence-corrected chi connectivity index (χ1v) is 23.5. The number of hydrogen-bond acceptors (Lipinski definition) is 9. The van der Waals surface area contributed by atoms with Crippen LogP contribution >= 0.6 is 0 Å². The van der Waals surface area contributed by atoms with Crippen LogP contribution in [0.4, 0.5) is 9.18 Å². The molecule has 2 aromatic carbocycles. The summed E-state index contributed by atoms with van der Waals surface area (Å²) in [5.41, 5.74) is -0.460. The van der Waals surface area contributed by atoms with Gasteiger partial charge in [0.2, 0.25) is 27.7 Å². The van der Waals surface area contributed by atoms with E-state index in [2.05, 4.69) is 17.0 Å². The van der Waals surface area contributed by atoms with E-state index in [-0.39, 0.29) is 37.2 Å². The van der Waals surface area contributed by atoms with Gasteiger partial charge in [0.1, 0.15) is 35.3 Å². The summed E-state index contributed by atoms with van der Waals surface area (Å²) in [6.45, 7) is 3.90. The molecule has 14 nitrogen and oxygen atoms in total. The zero-order valence-corrected chi connectivity index (χ0v) is 36.0. The molecule has 4 amide bonds. The molecule has 3 aromatic rings. The van der Waals surface area contributed by atoms with Crippen LogP contribution in [0.25, 0.3) is 22.0 Å². The van der Waals surface area contributed by atoms with Crippen LogP contribution in [0.2, 0.25) is 0 Å². The van der Waals surface area contributed by atoms with Crippen molar-refractivity contribution in [2.24, 2.45) is 29.6 Å². The van der Waals surface area contributed by atoms with E-state index in [0.717, 1.165) is 12.8 Å². The van der Waals surface area contributed by atoms with E-state index in [4.69, 9.17) is 14.5 Å². The number of ether oxygens (including phenoxy) is 2. The van der Waals surface area contributed by atoms with Gasteiger partial charge >= 0.3 is 6.09 Å². The molecule has 5 fully saturated rings. The monoisotopic (exact) mass is 871 g/mol. The number of hydrogen-bond donors (Lipinski definition) is 3. The molecule has 3 heterocycles. The minimum absolute atomic E-state index is 0.0333. The Hall–Kier alpha value is -5.25. The zero-order chi connectivity index (χ0) is 43.7. The van der Waals surface area contributed by atoms with Crippen LogP contribution in [0.3, 0.4) is 0 Å². The molecular formula is C46H54FN5O9S. The summed E-state index contributed by atoms with van der Waals surface area (Å²) in [4.78, 5) is 65.2. The number of nitrogens with one attached hydrogen (secondary N) is 2. The van der Waals surface area contributed by atoms with E-state index in [0.29, 0.717) is 78.1 Å². The fourth-order valence-electron chi connectivity index (χ4n) is 10.4. The molecule has 4 saturated carbocycles. The Labute approximate surface area is 360 Å². The summed E-state index contributed by atoms with van der Waals surface area (Å²) < 4.78 is 54.5. The Morgan fingerprint density at radius 2 is 1.74 bits per heavy atom. The Balaban J connectivity index is 1.10. The average Bonchev–Trinajstić information content (AvgIpc) is 4.20. The lowest BCUT2D eigenvalue weighted by atomic mass is 9.86. The number of amides is 4. The van der Waals surface area contributed by atoms with Gasteiger partial charge in [0.15, 0.2) is 0 Å². The average molecular weight is 872 g/mol. The number of pyridine rings is 1. The lowest BCUT2D eigenvalue weighted by molar-refractivity contribution is -0.145. The second-order valence-electron chi connectivity index (χ2n) is 18.7. The van der Waals surface area contributed by atoms with Crippen LogP contribution in [0, 0.1) is 35.4 Å². The fourth-order valence-corrected chi connectivity index (χ4v) is 11.8. The van der Waals surface area contributed by atoms with Gasteiger partial charge in [-0.05, 0) is 135 Å². The lowest BCUT2D eigenvalue weighted by Gasteiger charge is -2.40. The van der Waals surface area contributed by atoms with Crippen molar-refractivity contribution < 1.29 is 46.6 Å². The van der Waals surface area contributed by atoms with Gasteiger partial charge in [-0.2, -0.15) is 0 Å². The van der Waals surface area contributed by atoms with E-state index in [1.807, 2.05) is 31.2 Å². The van der Waals surface area contributed by atoms with Crippen molar-refractivity contribution in [3.05, 3.63) is 66.5 Å². The Morgan fingerprint density at radius 3 is 2.44 bits per heavy atom. The minimum Gasteiger partial charge on any atom is -0.497 e. The molecule has 2 aliphatic heterocycles. The Bertz CT molecular complexity index is 2420. The van der Waals surface area contributed by atoms with Gasteiger partial charge in [0.05, 0.1) is 24.6 Å². The lowest BCUT2D eigenvalue weighted by Crippen LogP contribution is -2.61. The highest BCUT2D eigenvalue weighted by molar-refractivity contribution is 7.91. The van der Waals surface area contributed by atoms with Gasteiger partial charge in [-0.25, -0.2) is 22.6 Å². The third-order valence-electron chi connectivity index (χ3n) is 14.1. The third-order valence-corrected chi connectivity index (χ3v) is 15.9. The first kappa shape index (κ1) is 42.1.